The Bertz CT molecular complexity index is 168. The van der Waals surface area contributed by atoms with Crippen LogP contribution in [-0.4, -0.2) is 47.5 Å². The van der Waals surface area contributed by atoms with Crippen molar-refractivity contribution in [1.29, 1.82) is 0 Å². The van der Waals surface area contributed by atoms with Gasteiger partial charge in [0, 0.05) is 31.2 Å². The van der Waals surface area contributed by atoms with E-state index in [1.54, 1.807) is 0 Å². The monoisotopic (exact) mass is 215 g/mol. The van der Waals surface area contributed by atoms with Gasteiger partial charge in [-0.2, -0.15) is 0 Å². The van der Waals surface area contributed by atoms with Gasteiger partial charge in [0.15, 0.2) is 0 Å². The van der Waals surface area contributed by atoms with Gasteiger partial charge in [0.25, 0.3) is 0 Å². The standard InChI is InChI=1S/C12H25NO2/c1-3-12(4-2,10-15)9-13(7-8-14)11-5-6-11/h11,14-15H,3-10H2,1-2H3. The second-order valence-corrected chi connectivity index (χ2v) is 4.79. The topological polar surface area (TPSA) is 43.7 Å². The number of rotatable bonds is 8. The summed E-state index contributed by atoms with van der Waals surface area (Å²) < 4.78 is 0. The van der Waals surface area contributed by atoms with Gasteiger partial charge in [-0.1, -0.05) is 13.8 Å². The van der Waals surface area contributed by atoms with Gasteiger partial charge in [0.05, 0.1) is 6.61 Å². The van der Waals surface area contributed by atoms with Crippen LogP contribution in [0, 0.1) is 5.41 Å². The molecule has 0 aromatic rings. The van der Waals surface area contributed by atoms with E-state index in [0.29, 0.717) is 6.04 Å². The Labute approximate surface area is 93.1 Å². The summed E-state index contributed by atoms with van der Waals surface area (Å²) in [6.45, 7) is 6.46. The van der Waals surface area contributed by atoms with Crippen molar-refractivity contribution in [1.82, 2.24) is 4.90 Å². The highest BCUT2D eigenvalue weighted by Crippen LogP contribution is 2.33. The molecule has 0 amide bonds. The molecule has 0 aromatic heterocycles. The maximum absolute atomic E-state index is 9.51. The van der Waals surface area contributed by atoms with E-state index in [-0.39, 0.29) is 18.6 Å². The molecule has 0 unspecified atom stereocenters. The van der Waals surface area contributed by atoms with Crippen LogP contribution in [0.15, 0.2) is 0 Å². The van der Waals surface area contributed by atoms with Crippen molar-refractivity contribution < 1.29 is 10.2 Å². The number of hydrogen-bond donors (Lipinski definition) is 2. The molecule has 0 aliphatic heterocycles. The molecule has 2 N–H and O–H groups in total. The number of nitrogens with zero attached hydrogens (tertiary/aromatic N) is 1. The molecule has 0 aromatic carbocycles. The zero-order chi connectivity index (χ0) is 11.3. The first-order chi connectivity index (χ1) is 7.21. The lowest BCUT2D eigenvalue weighted by molar-refractivity contribution is 0.0546. The second-order valence-electron chi connectivity index (χ2n) is 4.79. The molecule has 15 heavy (non-hydrogen) atoms. The van der Waals surface area contributed by atoms with Crippen LogP contribution in [0.3, 0.4) is 0 Å². The molecule has 3 heteroatoms. The van der Waals surface area contributed by atoms with E-state index in [0.717, 1.165) is 25.9 Å². The Hall–Kier alpha value is -0.120. The molecule has 1 rings (SSSR count). The van der Waals surface area contributed by atoms with Crippen LogP contribution >= 0.6 is 0 Å². The zero-order valence-electron chi connectivity index (χ0n) is 10.1. The Kier molecular flexibility index (Phi) is 5.03. The first-order valence-corrected chi connectivity index (χ1v) is 6.17. The summed E-state index contributed by atoms with van der Waals surface area (Å²) in [6.07, 6.45) is 4.53. The molecular weight excluding hydrogens is 190 g/mol. The van der Waals surface area contributed by atoms with Gasteiger partial charge in [-0.15, -0.1) is 0 Å². The third-order valence-corrected chi connectivity index (χ3v) is 3.82. The van der Waals surface area contributed by atoms with Gasteiger partial charge in [-0.05, 0) is 25.7 Å². The molecule has 90 valence electrons. The Balaban J connectivity index is 2.52. The highest BCUT2D eigenvalue weighted by molar-refractivity contribution is 4.89. The lowest BCUT2D eigenvalue weighted by atomic mass is 9.82. The SMILES string of the molecule is CCC(CC)(CO)CN(CCO)C1CC1. The average Bonchev–Trinajstić information content (AvgIpc) is 3.09. The van der Waals surface area contributed by atoms with Gasteiger partial charge in [-0.25, -0.2) is 0 Å². The van der Waals surface area contributed by atoms with Crippen LogP contribution in [0.25, 0.3) is 0 Å². The Morgan fingerprint density at radius 1 is 1.20 bits per heavy atom. The predicted octanol–water partition coefficient (Wildman–Crippen LogP) is 1.24. The smallest absolute Gasteiger partial charge is 0.0558 e. The number of aliphatic hydroxyl groups is 2. The van der Waals surface area contributed by atoms with Crippen molar-refractivity contribution in [2.24, 2.45) is 5.41 Å². The van der Waals surface area contributed by atoms with E-state index in [2.05, 4.69) is 18.7 Å². The molecule has 1 fully saturated rings. The number of hydrogen-bond acceptors (Lipinski definition) is 3. The van der Waals surface area contributed by atoms with Gasteiger partial charge < -0.3 is 10.2 Å². The first-order valence-electron chi connectivity index (χ1n) is 6.17. The molecule has 0 atom stereocenters. The van der Waals surface area contributed by atoms with Gasteiger partial charge >= 0.3 is 0 Å². The van der Waals surface area contributed by atoms with E-state index in [4.69, 9.17) is 5.11 Å². The van der Waals surface area contributed by atoms with Crippen LogP contribution < -0.4 is 0 Å². The highest BCUT2D eigenvalue weighted by Gasteiger charge is 2.35. The van der Waals surface area contributed by atoms with Gasteiger partial charge in [0.1, 0.15) is 0 Å². The summed E-state index contributed by atoms with van der Waals surface area (Å²) in [4.78, 5) is 2.35. The fourth-order valence-electron chi connectivity index (χ4n) is 2.14. The molecule has 0 bridgehead atoms. The second kappa shape index (κ2) is 5.83. The average molecular weight is 215 g/mol. The van der Waals surface area contributed by atoms with Crippen LogP contribution in [0.1, 0.15) is 39.5 Å². The van der Waals surface area contributed by atoms with Gasteiger partial charge in [-0.3, -0.25) is 4.90 Å². The maximum atomic E-state index is 9.51. The minimum Gasteiger partial charge on any atom is -0.396 e. The molecule has 1 aliphatic carbocycles. The van der Waals surface area contributed by atoms with E-state index >= 15 is 0 Å². The first kappa shape index (κ1) is 12.9. The van der Waals surface area contributed by atoms with Crippen LogP contribution in [0.4, 0.5) is 0 Å². The molecule has 0 saturated heterocycles. The molecule has 0 heterocycles. The highest BCUT2D eigenvalue weighted by atomic mass is 16.3. The summed E-state index contributed by atoms with van der Waals surface area (Å²) >= 11 is 0. The van der Waals surface area contributed by atoms with E-state index in [1.807, 2.05) is 0 Å². The van der Waals surface area contributed by atoms with Crippen LogP contribution in [0.2, 0.25) is 0 Å². The Morgan fingerprint density at radius 3 is 2.13 bits per heavy atom. The predicted molar refractivity (Wildman–Crippen MR) is 61.8 cm³/mol. The Morgan fingerprint density at radius 2 is 1.80 bits per heavy atom. The lowest BCUT2D eigenvalue weighted by Gasteiger charge is -2.35. The maximum Gasteiger partial charge on any atom is 0.0558 e. The van der Waals surface area contributed by atoms with Gasteiger partial charge in [0.2, 0.25) is 0 Å². The summed E-state index contributed by atoms with van der Waals surface area (Å²) in [7, 11) is 0. The van der Waals surface area contributed by atoms with Crippen molar-refractivity contribution in [2.45, 2.75) is 45.6 Å². The normalized spacial score (nSPS) is 17.4. The van der Waals surface area contributed by atoms with Crippen LogP contribution in [-0.2, 0) is 0 Å². The lowest BCUT2D eigenvalue weighted by Crippen LogP contribution is -2.42. The summed E-state index contributed by atoms with van der Waals surface area (Å²) in [5.74, 6) is 0. The molecule has 0 spiro atoms. The van der Waals surface area contributed by atoms with Crippen molar-refractivity contribution >= 4 is 0 Å². The fourth-order valence-corrected chi connectivity index (χ4v) is 2.14. The minimum absolute atomic E-state index is 0.0394. The fraction of sp³-hybridized carbons (Fsp3) is 1.00. The largest absolute Gasteiger partial charge is 0.396 e. The summed E-state index contributed by atoms with van der Waals surface area (Å²) in [6, 6.07) is 0.668. The van der Waals surface area contributed by atoms with E-state index in [1.165, 1.54) is 12.8 Å². The molecule has 0 radical (unpaired) electrons. The third-order valence-electron chi connectivity index (χ3n) is 3.82. The van der Waals surface area contributed by atoms with Crippen molar-refractivity contribution in [3.8, 4) is 0 Å². The molecule has 1 saturated carbocycles. The van der Waals surface area contributed by atoms with Crippen molar-refractivity contribution in [3.63, 3.8) is 0 Å². The quantitative estimate of drug-likeness (QED) is 0.640. The summed E-state index contributed by atoms with van der Waals surface area (Å²) in [5, 5.41) is 18.5. The molecule has 1 aliphatic rings. The number of aliphatic hydroxyl groups excluding tert-OH is 2. The van der Waals surface area contributed by atoms with E-state index < -0.39 is 0 Å². The minimum atomic E-state index is 0.0394. The molecule has 3 nitrogen and oxygen atoms in total. The van der Waals surface area contributed by atoms with Crippen LogP contribution in [0.5, 0.6) is 0 Å². The third kappa shape index (κ3) is 3.44. The van der Waals surface area contributed by atoms with E-state index in [9.17, 15) is 5.11 Å². The van der Waals surface area contributed by atoms with Crippen molar-refractivity contribution in [2.75, 3.05) is 26.3 Å². The molecular formula is C12H25NO2. The summed E-state index contributed by atoms with van der Waals surface area (Å²) in [5.41, 5.74) is 0.0394. The zero-order valence-corrected chi connectivity index (χ0v) is 10.1. The van der Waals surface area contributed by atoms with Crippen molar-refractivity contribution in [3.05, 3.63) is 0 Å².